The Morgan fingerprint density at radius 3 is 2.50 bits per heavy atom. The molecule has 24 heavy (non-hydrogen) atoms. The van der Waals surface area contributed by atoms with E-state index in [1.165, 1.54) is 24.1 Å². The molecule has 0 spiro atoms. The van der Waals surface area contributed by atoms with Gasteiger partial charge in [-0.2, -0.15) is 0 Å². The minimum absolute atomic E-state index is 0.258. The van der Waals surface area contributed by atoms with E-state index in [1.54, 1.807) is 18.2 Å². The second-order valence-electron chi connectivity index (χ2n) is 6.30. The number of anilines is 1. The standard InChI is InChI=1S/C20H22N2O2/c1-14-5-6-16(20(23)24)12-19(14)21-13-17-7-8-18(11-15(17)2)22-9-3-4-10-22/h5-8,11-13H,3-4,9-10H2,1-2H3,(H,23,24). The van der Waals surface area contributed by atoms with Crippen molar-refractivity contribution in [2.75, 3.05) is 18.0 Å². The van der Waals surface area contributed by atoms with Crippen molar-refractivity contribution in [3.8, 4) is 0 Å². The van der Waals surface area contributed by atoms with Gasteiger partial charge in [-0.1, -0.05) is 12.1 Å². The number of hydrogen-bond acceptors (Lipinski definition) is 3. The molecular weight excluding hydrogens is 300 g/mol. The predicted octanol–water partition coefficient (Wildman–Crippen LogP) is 4.35. The first-order valence-corrected chi connectivity index (χ1v) is 8.28. The minimum Gasteiger partial charge on any atom is -0.478 e. The van der Waals surface area contributed by atoms with E-state index in [2.05, 4.69) is 35.0 Å². The van der Waals surface area contributed by atoms with Crippen LogP contribution >= 0.6 is 0 Å². The number of aromatic carboxylic acids is 1. The number of carbonyl (C=O) groups is 1. The van der Waals surface area contributed by atoms with E-state index in [4.69, 9.17) is 5.11 Å². The number of carboxylic acid groups (broad SMARTS) is 1. The summed E-state index contributed by atoms with van der Waals surface area (Å²) in [4.78, 5) is 18.0. The topological polar surface area (TPSA) is 52.9 Å². The van der Waals surface area contributed by atoms with E-state index in [0.29, 0.717) is 5.69 Å². The zero-order chi connectivity index (χ0) is 17.1. The Labute approximate surface area is 142 Å². The fraction of sp³-hybridized carbons (Fsp3) is 0.300. The minimum atomic E-state index is -0.933. The molecule has 1 aliphatic rings. The van der Waals surface area contributed by atoms with E-state index in [9.17, 15) is 4.79 Å². The Bertz CT molecular complexity index is 790. The Hall–Kier alpha value is -2.62. The summed E-state index contributed by atoms with van der Waals surface area (Å²) in [5.74, 6) is -0.933. The van der Waals surface area contributed by atoms with Crippen molar-refractivity contribution in [2.45, 2.75) is 26.7 Å². The quantitative estimate of drug-likeness (QED) is 0.851. The zero-order valence-corrected chi connectivity index (χ0v) is 14.1. The maximum absolute atomic E-state index is 11.1. The molecule has 0 bridgehead atoms. The number of aliphatic imine (C=N–C) groups is 1. The van der Waals surface area contributed by atoms with Gasteiger partial charge in [-0.3, -0.25) is 4.99 Å². The van der Waals surface area contributed by atoms with Crippen LogP contribution in [0.3, 0.4) is 0 Å². The molecule has 0 atom stereocenters. The smallest absolute Gasteiger partial charge is 0.335 e. The average Bonchev–Trinajstić information content (AvgIpc) is 3.09. The second-order valence-corrected chi connectivity index (χ2v) is 6.30. The number of aryl methyl sites for hydroxylation is 2. The molecule has 1 fully saturated rings. The normalized spacial score (nSPS) is 14.5. The summed E-state index contributed by atoms with van der Waals surface area (Å²) in [6.45, 7) is 6.28. The van der Waals surface area contributed by atoms with Crippen molar-refractivity contribution >= 4 is 23.6 Å². The lowest BCUT2D eigenvalue weighted by molar-refractivity contribution is 0.0697. The van der Waals surface area contributed by atoms with E-state index in [1.807, 2.05) is 13.1 Å². The SMILES string of the molecule is Cc1cc(N2CCCC2)ccc1C=Nc1cc(C(=O)O)ccc1C. The summed E-state index contributed by atoms with van der Waals surface area (Å²) in [6.07, 6.45) is 4.35. The monoisotopic (exact) mass is 322 g/mol. The number of nitrogens with zero attached hydrogens (tertiary/aromatic N) is 2. The van der Waals surface area contributed by atoms with Gasteiger partial charge in [-0.05, 0) is 67.6 Å². The van der Waals surface area contributed by atoms with Crippen molar-refractivity contribution in [1.29, 1.82) is 0 Å². The highest BCUT2D eigenvalue weighted by molar-refractivity contribution is 5.90. The molecule has 0 radical (unpaired) electrons. The summed E-state index contributed by atoms with van der Waals surface area (Å²) in [5, 5.41) is 9.11. The zero-order valence-electron chi connectivity index (χ0n) is 14.1. The Morgan fingerprint density at radius 2 is 1.83 bits per heavy atom. The molecular formula is C20H22N2O2. The summed E-state index contributed by atoms with van der Waals surface area (Å²) < 4.78 is 0. The number of benzene rings is 2. The molecule has 124 valence electrons. The predicted molar refractivity (Wildman–Crippen MR) is 98.0 cm³/mol. The number of rotatable bonds is 4. The van der Waals surface area contributed by atoms with Gasteiger partial charge < -0.3 is 10.0 Å². The molecule has 0 unspecified atom stereocenters. The van der Waals surface area contributed by atoms with E-state index < -0.39 is 5.97 Å². The van der Waals surface area contributed by atoms with Gasteiger partial charge >= 0.3 is 5.97 Å². The Kier molecular flexibility index (Phi) is 4.65. The molecule has 1 saturated heterocycles. The molecule has 4 nitrogen and oxygen atoms in total. The molecule has 0 amide bonds. The highest BCUT2D eigenvalue weighted by Crippen LogP contribution is 2.24. The lowest BCUT2D eigenvalue weighted by Gasteiger charge is -2.18. The van der Waals surface area contributed by atoms with Crippen molar-refractivity contribution in [3.05, 3.63) is 58.7 Å². The van der Waals surface area contributed by atoms with Gasteiger partial charge in [-0.25, -0.2) is 4.79 Å². The summed E-state index contributed by atoms with van der Waals surface area (Å²) in [6, 6.07) is 11.4. The first-order chi connectivity index (χ1) is 11.5. The van der Waals surface area contributed by atoms with Gasteiger partial charge in [0, 0.05) is 25.0 Å². The average molecular weight is 322 g/mol. The van der Waals surface area contributed by atoms with E-state index in [0.717, 1.165) is 24.2 Å². The second kappa shape index (κ2) is 6.87. The van der Waals surface area contributed by atoms with Crippen LogP contribution in [-0.4, -0.2) is 30.4 Å². The third-order valence-corrected chi connectivity index (χ3v) is 4.52. The van der Waals surface area contributed by atoms with E-state index in [-0.39, 0.29) is 5.56 Å². The van der Waals surface area contributed by atoms with Crippen LogP contribution in [0.15, 0.2) is 41.4 Å². The molecule has 1 N–H and O–H groups in total. The molecule has 0 saturated carbocycles. The van der Waals surface area contributed by atoms with Crippen LogP contribution in [-0.2, 0) is 0 Å². The van der Waals surface area contributed by atoms with Crippen LogP contribution in [0.2, 0.25) is 0 Å². The van der Waals surface area contributed by atoms with Gasteiger partial charge in [0.25, 0.3) is 0 Å². The van der Waals surface area contributed by atoms with Gasteiger partial charge in [0.15, 0.2) is 0 Å². The fourth-order valence-corrected chi connectivity index (χ4v) is 3.00. The Morgan fingerprint density at radius 1 is 1.08 bits per heavy atom. The number of hydrogen-bond donors (Lipinski definition) is 1. The first-order valence-electron chi connectivity index (χ1n) is 8.28. The first kappa shape index (κ1) is 16.2. The largest absolute Gasteiger partial charge is 0.478 e. The van der Waals surface area contributed by atoms with Crippen LogP contribution < -0.4 is 4.90 Å². The van der Waals surface area contributed by atoms with Crippen molar-refractivity contribution in [3.63, 3.8) is 0 Å². The molecule has 2 aromatic rings. The van der Waals surface area contributed by atoms with Crippen LogP contribution in [0.1, 0.15) is 39.9 Å². The fourth-order valence-electron chi connectivity index (χ4n) is 3.00. The van der Waals surface area contributed by atoms with Gasteiger partial charge in [0.05, 0.1) is 11.3 Å². The van der Waals surface area contributed by atoms with Gasteiger partial charge in [0.2, 0.25) is 0 Å². The molecule has 3 rings (SSSR count). The van der Waals surface area contributed by atoms with Gasteiger partial charge in [0.1, 0.15) is 0 Å². The summed E-state index contributed by atoms with van der Waals surface area (Å²) in [5.41, 5.74) is 5.41. The molecule has 2 aromatic carbocycles. The summed E-state index contributed by atoms with van der Waals surface area (Å²) >= 11 is 0. The third kappa shape index (κ3) is 3.48. The van der Waals surface area contributed by atoms with Crippen molar-refractivity contribution in [2.24, 2.45) is 4.99 Å². The summed E-state index contributed by atoms with van der Waals surface area (Å²) in [7, 11) is 0. The van der Waals surface area contributed by atoms with Gasteiger partial charge in [-0.15, -0.1) is 0 Å². The van der Waals surface area contributed by atoms with Crippen LogP contribution in [0.5, 0.6) is 0 Å². The molecule has 4 heteroatoms. The third-order valence-electron chi connectivity index (χ3n) is 4.52. The highest BCUT2D eigenvalue weighted by Gasteiger charge is 2.12. The lowest BCUT2D eigenvalue weighted by Crippen LogP contribution is -2.17. The number of carboxylic acids is 1. The maximum atomic E-state index is 11.1. The van der Waals surface area contributed by atoms with Crippen LogP contribution in [0.4, 0.5) is 11.4 Å². The maximum Gasteiger partial charge on any atom is 0.335 e. The van der Waals surface area contributed by atoms with Crippen LogP contribution in [0.25, 0.3) is 0 Å². The van der Waals surface area contributed by atoms with Crippen molar-refractivity contribution < 1.29 is 9.90 Å². The molecule has 1 heterocycles. The van der Waals surface area contributed by atoms with E-state index >= 15 is 0 Å². The van der Waals surface area contributed by atoms with Crippen LogP contribution in [0, 0.1) is 13.8 Å². The molecule has 0 aromatic heterocycles. The molecule has 0 aliphatic carbocycles. The lowest BCUT2D eigenvalue weighted by atomic mass is 10.1. The van der Waals surface area contributed by atoms with Crippen molar-refractivity contribution in [1.82, 2.24) is 0 Å². The Balaban J connectivity index is 1.84. The highest BCUT2D eigenvalue weighted by atomic mass is 16.4. The molecule has 1 aliphatic heterocycles.